The van der Waals surface area contributed by atoms with Gasteiger partial charge in [-0.1, -0.05) is 49.8 Å². The van der Waals surface area contributed by atoms with Crippen molar-refractivity contribution in [1.29, 1.82) is 0 Å². The number of fused-ring (bicyclic) bond motifs is 4. The Hall–Kier alpha value is -2.12. The molecule has 0 amide bonds. The molecule has 0 spiro atoms. The van der Waals surface area contributed by atoms with Crippen molar-refractivity contribution in [3.63, 3.8) is 0 Å². The molecular formula is C22H24N4OS2. The zero-order chi connectivity index (χ0) is 20.2. The topological polar surface area (TPSA) is 77.8 Å². The second kappa shape index (κ2) is 6.99. The molecule has 0 saturated carbocycles. The molecule has 0 bridgehead atoms. The SMILES string of the molecule is CC(C)(C)C1CCc2c(sc3nc(SCc4noc5ccccc45)nc(N)c23)C1. The lowest BCUT2D eigenvalue weighted by molar-refractivity contribution is 0.218. The number of hydrogen-bond donors (Lipinski definition) is 1. The quantitative estimate of drug-likeness (QED) is 0.328. The summed E-state index contributed by atoms with van der Waals surface area (Å²) in [6.45, 7) is 7.02. The van der Waals surface area contributed by atoms with Gasteiger partial charge in [0.25, 0.3) is 0 Å². The molecule has 0 radical (unpaired) electrons. The summed E-state index contributed by atoms with van der Waals surface area (Å²) < 4.78 is 5.40. The predicted molar refractivity (Wildman–Crippen MR) is 120 cm³/mol. The van der Waals surface area contributed by atoms with Crippen molar-refractivity contribution in [3.05, 3.63) is 40.4 Å². The van der Waals surface area contributed by atoms with Gasteiger partial charge in [-0.25, -0.2) is 9.97 Å². The minimum atomic E-state index is 0.326. The molecule has 5 rings (SSSR count). The zero-order valence-corrected chi connectivity index (χ0v) is 18.5. The maximum Gasteiger partial charge on any atom is 0.191 e. The van der Waals surface area contributed by atoms with Gasteiger partial charge in [-0.3, -0.25) is 0 Å². The summed E-state index contributed by atoms with van der Waals surface area (Å²) in [6, 6.07) is 7.90. The van der Waals surface area contributed by atoms with Gasteiger partial charge in [-0.05, 0) is 48.3 Å². The van der Waals surface area contributed by atoms with E-state index in [0.717, 1.165) is 39.7 Å². The third-order valence-electron chi connectivity index (χ3n) is 5.93. The van der Waals surface area contributed by atoms with E-state index in [1.807, 2.05) is 24.3 Å². The largest absolute Gasteiger partial charge is 0.383 e. The van der Waals surface area contributed by atoms with E-state index in [9.17, 15) is 0 Å². The van der Waals surface area contributed by atoms with Gasteiger partial charge in [0.2, 0.25) is 0 Å². The van der Waals surface area contributed by atoms with Gasteiger partial charge < -0.3 is 10.3 Å². The van der Waals surface area contributed by atoms with Crippen molar-refractivity contribution in [2.24, 2.45) is 11.3 Å². The van der Waals surface area contributed by atoms with Gasteiger partial charge in [-0.15, -0.1) is 11.3 Å². The Morgan fingerprint density at radius 3 is 2.90 bits per heavy atom. The molecule has 3 heterocycles. The smallest absolute Gasteiger partial charge is 0.191 e. The van der Waals surface area contributed by atoms with E-state index in [1.54, 1.807) is 23.1 Å². The second-order valence-electron chi connectivity index (χ2n) is 8.80. The van der Waals surface area contributed by atoms with Crippen LogP contribution in [0.3, 0.4) is 0 Å². The van der Waals surface area contributed by atoms with Crippen molar-refractivity contribution >= 4 is 50.1 Å². The summed E-state index contributed by atoms with van der Waals surface area (Å²) >= 11 is 3.35. The lowest BCUT2D eigenvalue weighted by Crippen LogP contribution is -2.26. The van der Waals surface area contributed by atoms with E-state index < -0.39 is 0 Å². The molecule has 1 aliphatic rings. The van der Waals surface area contributed by atoms with Crippen molar-refractivity contribution in [2.45, 2.75) is 50.9 Å². The first-order chi connectivity index (χ1) is 13.9. The highest BCUT2D eigenvalue weighted by Gasteiger charge is 2.31. The monoisotopic (exact) mass is 424 g/mol. The molecule has 0 aliphatic heterocycles. The van der Waals surface area contributed by atoms with Crippen molar-refractivity contribution in [2.75, 3.05) is 5.73 Å². The predicted octanol–water partition coefficient (Wildman–Crippen LogP) is 5.86. The van der Waals surface area contributed by atoms with E-state index in [1.165, 1.54) is 16.9 Å². The Morgan fingerprint density at radius 2 is 2.07 bits per heavy atom. The Kier molecular flexibility index (Phi) is 4.55. The van der Waals surface area contributed by atoms with Gasteiger partial charge in [0.1, 0.15) is 16.3 Å². The number of rotatable bonds is 3. The van der Waals surface area contributed by atoms with E-state index in [0.29, 0.717) is 28.1 Å². The number of hydrogen-bond acceptors (Lipinski definition) is 7. The second-order valence-corrected chi connectivity index (χ2v) is 10.8. The van der Waals surface area contributed by atoms with Crippen molar-refractivity contribution in [1.82, 2.24) is 15.1 Å². The molecule has 5 nitrogen and oxygen atoms in total. The minimum absolute atomic E-state index is 0.326. The van der Waals surface area contributed by atoms with Gasteiger partial charge in [0.05, 0.1) is 5.39 Å². The zero-order valence-electron chi connectivity index (χ0n) is 16.9. The van der Waals surface area contributed by atoms with Gasteiger partial charge in [-0.2, -0.15) is 0 Å². The van der Waals surface area contributed by atoms with E-state index in [2.05, 4.69) is 30.9 Å². The van der Waals surface area contributed by atoms with Crippen molar-refractivity contribution < 1.29 is 4.52 Å². The maximum absolute atomic E-state index is 6.39. The molecule has 1 unspecified atom stereocenters. The average molecular weight is 425 g/mol. The molecule has 0 saturated heterocycles. The minimum Gasteiger partial charge on any atom is -0.383 e. The highest BCUT2D eigenvalue weighted by molar-refractivity contribution is 7.98. The molecule has 4 aromatic rings. The molecule has 29 heavy (non-hydrogen) atoms. The third kappa shape index (κ3) is 3.40. The first-order valence-corrected chi connectivity index (χ1v) is 11.7. The molecule has 0 fully saturated rings. The summed E-state index contributed by atoms with van der Waals surface area (Å²) in [5.41, 5.74) is 9.81. The first kappa shape index (κ1) is 18.9. The highest BCUT2D eigenvalue weighted by Crippen LogP contribution is 2.44. The van der Waals surface area contributed by atoms with Crippen LogP contribution in [0.2, 0.25) is 0 Å². The van der Waals surface area contributed by atoms with Crippen LogP contribution in [0.1, 0.15) is 43.3 Å². The molecule has 3 aromatic heterocycles. The summed E-state index contributed by atoms with van der Waals surface area (Å²) in [5, 5.41) is 7.01. The molecule has 1 aromatic carbocycles. The van der Waals surface area contributed by atoms with Crippen molar-refractivity contribution in [3.8, 4) is 0 Å². The van der Waals surface area contributed by atoms with Gasteiger partial charge >= 0.3 is 0 Å². The Bertz CT molecular complexity index is 1200. The number of benzene rings is 1. The Labute approximate surface area is 178 Å². The number of para-hydroxylation sites is 1. The number of thioether (sulfide) groups is 1. The lowest BCUT2D eigenvalue weighted by atomic mass is 9.72. The summed E-state index contributed by atoms with van der Waals surface area (Å²) in [6.07, 6.45) is 3.40. The molecule has 7 heteroatoms. The molecule has 150 valence electrons. The Balaban J connectivity index is 1.43. The number of nitrogens with zero attached hydrogens (tertiary/aromatic N) is 3. The van der Waals surface area contributed by atoms with Crippen LogP contribution in [0, 0.1) is 11.3 Å². The number of aromatic nitrogens is 3. The fraction of sp³-hybridized carbons (Fsp3) is 0.409. The highest BCUT2D eigenvalue weighted by atomic mass is 32.2. The molecule has 2 N–H and O–H groups in total. The fourth-order valence-electron chi connectivity index (χ4n) is 4.16. The van der Waals surface area contributed by atoms with Crippen LogP contribution in [0.4, 0.5) is 5.82 Å². The standard InChI is InChI=1S/C22H24N4OS2/c1-22(2,3)12-8-9-14-17(10-12)29-20-18(14)19(23)24-21(25-20)28-11-15-13-6-4-5-7-16(13)27-26-15/h4-7,12H,8-11H2,1-3H3,(H2,23,24,25). The number of nitrogen functional groups attached to an aromatic ring is 1. The normalized spacial score (nSPS) is 17.1. The molecule has 1 atom stereocenters. The van der Waals surface area contributed by atoms with Crippen LogP contribution in [-0.2, 0) is 18.6 Å². The van der Waals surface area contributed by atoms with Gasteiger partial charge in [0, 0.05) is 16.0 Å². The number of anilines is 1. The fourth-order valence-corrected chi connectivity index (χ4v) is 6.32. The summed E-state index contributed by atoms with van der Waals surface area (Å²) in [5.74, 6) is 1.96. The Morgan fingerprint density at radius 1 is 1.24 bits per heavy atom. The van der Waals surface area contributed by atoms with Crippen LogP contribution in [0.25, 0.3) is 21.2 Å². The van der Waals surface area contributed by atoms with Crippen LogP contribution >= 0.6 is 23.1 Å². The number of thiophene rings is 1. The van der Waals surface area contributed by atoms with Gasteiger partial charge in [0.15, 0.2) is 10.7 Å². The lowest BCUT2D eigenvalue weighted by Gasteiger charge is -2.33. The molecule has 1 aliphatic carbocycles. The van der Waals surface area contributed by atoms with E-state index in [4.69, 9.17) is 15.2 Å². The van der Waals surface area contributed by atoms with E-state index in [-0.39, 0.29) is 0 Å². The number of nitrogens with two attached hydrogens (primary N) is 1. The van der Waals surface area contributed by atoms with Crippen LogP contribution in [0.15, 0.2) is 33.9 Å². The summed E-state index contributed by atoms with van der Waals surface area (Å²) in [4.78, 5) is 11.9. The van der Waals surface area contributed by atoms with Crippen LogP contribution < -0.4 is 5.73 Å². The third-order valence-corrected chi connectivity index (χ3v) is 7.94. The first-order valence-electron chi connectivity index (χ1n) is 9.94. The average Bonchev–Trinajstić information content (AvgIpc) is 3.26. The maximum atomic E-state index is 6.39. The van der Waals surface area contributed by atoms with Crippen LogP contribution in [-0.4, -0.2) is 15.1 Å². The number of aryl methyl sites for hydroxylation is 1. The summed E-state index contributed by atoms with van der Waals surface area (Å²) in [7, 11) is 0. The molecular weight excluding hydrogens is 400 g/mol. The van der Waals surface area contributed by atoms with Crippen LogP contribution in [0.5, 0.6) is 0 Å². The van der Waals surface area contributed by atoms with E-state index >= 15 is 0 Å².